The van der Waals surface area contributed by atoms with Gasteiger partial charge in [-0.05, 0) is 48.2 Å². The number of phenols is 2. The van der Waals surface area contributed by atoms with Crippen LogP contribution < -0.4 is 0 Å². The molecule has 2 aromatic carbocycles. The molecule has 6 nitrogen and oxygen atoms in total. The van der Waals surface area contributed by atoms with Gasteiger partial charge < -0.3 is 20.4 Å². The zero-order chi connectivity index (χ0) is 24.7. The van der Waals surface area contributed by atoms with Crippen LogP contribution in [-0.2, 0) is 15.0 Å². The van der Waals surface area contributed by atoms with Crippen molar-refractivity contribution in [3.8, 4) is 11.5 Å². The van der Waals surface area contributed by atoms with Crippen LogP contribution in [0.2, 0.25) is 0 Å². The summed E-state index contributed by atoms with van der Waals surface area (Å²) in [4.78, 5) is 20.4. The quantitative estimate of drug-likeness (QED) is 0.255. The molecule has 0 saturated carbocycles. The number of benzene rings is 2. The highest BCUT2D eigenvalue weighted by Gasteiger charge is 2.22. The topological polar surface area (TPSA) is 115 Å². The van der Waals surface area contributed by atoms with Crippen molar-refractivity contribution in [3.05, 3.63) is 59.7 Å². The Morgan fingerprint density at radius 3 is 1.12 bits per heavy atom. The monoisotopic (exact) mass is 458 g/mol. The lowest BCUT2D eigenvalue weighted by Crippen LogP contribution is -2.18. The average Bonchev–Trinajstić information content (AvgIpc) is 2.76. The third-order valence-electron chi connectivity index (χ3n) is 5.71. The Hall–Kier alpha value is -3.02. The predicted molar refractivity (Wildman–Crippen MR) is 130 cm³/mol. The average molecular weight is 459 g/mol. The van der Waals surface area contributed by atoms with Gasteiger partial charge in [0.1, 0.15) is 11.5 Å². The molecule has 2 rings (SSSR count). The molecule has 0 atom stereocenters. The van der Waals surface area contributed by atoms with E-state index in [1.165, 1.54) is 0 Å². The van der Waals surface area contributed by atoms with Gasteiger partial charge >= 0.3 is 11.9 Å². The lowest BCUT2D eigenvalue weighted by molar-refractivity contribution is -0.138. The van der Waals surface area contributed by atoms with Crippen molar-refractivity contribution in [3.63, 3.8) is 0 Å². The van der Waals surface area contributed by atoms with Crippen LogP contribution in [-0.4, -0.2) is 32.4 Å². The van der Waals surface area contributed by atoms with E-state index in [0.29, 0.717) is 0 Å². The molecule has 0 spiro atoms. The molecule has 6 heteroatoms. The van der Waals surface area contributed by atoms with Gasteiger partial charge in [-0.2, -0.15) is 0 Å². The zero-order valence-corrected chi connectivity index (χ0v) is 19.8. The lowest BCUT2D eigenvalue weighted by Gasteiger charge is -2.26. The number of carboxylic acids is 2. The second-order valence-corrected chi connectivity index (χ2v) is 8.83. The molecular formula is C27H38O6. The number of rotatable bonds is 13. The van der Waals surface area contributed by atoms with E-state index in [0.717, 1.165) is 62.5 Å². The Morgan fingerprint density at radius 1 is 0.576 bits per heavy atom. The molecule has 0 aliphatic rings. The highest BCUT2D eigenvalue weighted by molar-refractivity contribution is 5.66. The Labute approximate surface area is 196 Å². The van der Waals surface area contributed by atoms with Crippen LogP contribution in [0.3, 0.4) is 0 Å². The van der Waals surface area contributed by atoms with Crippen molar-refractivity contribution >= 4 is 11.9 Å². The maximum absolute atomic E-state index is 10.2. The van der Waals surface area contributed by atoms with Gasteiger partial charge in [0.25, 0.3) is 0 Å². The number of aliphatic carboxylic acids is 2. The SMILES string of the molecule is CC(C)(c1ccc(O)cc1)c1ccc(O)cc1.O=C(O)CCCCCCCCCCC(=O)O. The summed E-state index contributed by atoms with van der Waals surface area (Å²) in [6, 6.07) is 14.4. The molecule has 182 valence electrons. The molecular weight excluding hydrogens is 420 g/mol. The van der Waals surface area contributed by atoms with Gasteiger partial charge in [0, 0.05) is 18.3 Å². The van der Waals surface area contributed by atoms with E-state index in [4.69, 9.17) is 10.2 Å². The van der Waals surface area contributed by atoms with E-state index < -0.39 is 11.9 Å². The number of carbonyl (C=O) groups is 2. The molecule has 0 amide bonds. The standard InChI is InChI=1S/C15H16O2.C12H22O4/c1-15(2,11-3-7-13(16)8-4-11)12-5-9-14(17)10-6-12;13-11(14)9-7-5-3-1-2-4-6-8-10-12(15)16/h3-10,16-17H,1-2H3;1-10H2,(H,13,14)(H,15,16). The predicted octanol–water partition coefficient (Wildman–Crippen LogP) is 6.48. The molecule has 0 fully saturated rings. The third kappa shape index (κ3) is 12.0. The number of carboxylic acid groups (broad SMARTS) is 2. The highest BCUT2D eigenvalue weighted by atomic mass is 16.4. The van der Waals surface area contributed by atoms with Gasteiger partial charge in [0.2, 0.25) is 0 Å². The first-order chi connectivity index (χ1) is 15.6. The fraction of sp³-hybridized carbons (Fsp3) is 0.481. The number of phenolic OH excluding ortho intramolecular Hbond substituents is 2. The van der Waals surface area contributed by atoms with Crippen molar-refractivity contribution in [1.82, 2.24) is 0 Å². The Morgan fingerprint density at radius 2 is 0.848 bits per heavy atom. The van der Waals surface area contributed by atoms with Crippen LogP contribution in [0.5, 0.6) is 11.5 Å². The fourth-order valence-electron chi connectivity index (χ4n) is 3.54. The van der Waals surface area contributed by atoms with Crippen LogP contribution >= 0.6 is 0 Å². The molecule has 0 unspecified atom stereocenters. The lowest BCUT2D eigenvalue weighted by atomic mass is 9.78. The van der Waals surface area contributed by atoms with Crippen LogP contribution in [0, 0.1) is 0 Å². The molecule has 0 radical (unpaired) electrons. The van der Waals surface area contributed by atoms with Crippen molar-refractivity contribution in [2.45, 2.75) is 83.5 Å². The second-order valence-electron chi connectivity index (χ2n) is 8.83. The summed E-state index contributed by atoms with van der Waals surface area (Å²) < 4.78 is 0. The first kappa shape index (κ1) is 28.0. The molecule has 0 aliphatic carbocycles. The van der Waals surface area contributed by atoms with E-state index in [1.54, 1.807) is 24.3 Å². The summed E-state index contributed by atoms with van der Waals surface area (Å²) in [5.74, 6) is -0.882. The van der Waals surface area contributed by atoms with Crippen LogP contribution in [0.25, 0.3) is 0 Å². The smallest absolute Gasteiger partial charge is 0.303 e. The van der Waals surface area contributed by atoms with Crippen LogP contribution in [0.1, 0.15) is 89.2 Å². The summed E-state index contributed by atoms with van der Waals surface area (Å²) in [5, 5.41) is 35.4. The fourth-order valence-corrected chi connectivity index (χ4v) is 3.54. The van der Waals surface area contributed by atoms with Gasteiger partial charge in [0.15, 0.2) is 0 Å². The van der Waals surface area contributed by atoms with Crippen molar-refractivity contribution in [2.75, 3.05) is 0 Å². The van der Waals surface area contributed by atoms with Gasteiger partial charge in [-0.25, -0.2) is 0 Å². The number of unbranched alkanes of at least 4 members (excludes halogenated alkanes) is 7. The molecule has 0 saturated heterocycles. The molecule has 2 aromatic rings. The highest BCUT2D eigenvalue weighted by Crippen LogP contribution is 2.32. The Balaban J connectivity index is 0.000000331. The molecule has 4 N–H and O–H groups in total. The van der Waals surface area contributed by atoms with Gasteiger partial charge in [-0.3, -0.25) is 9.59 Å². The van der Waals surface area contributed by atoms with Gasteiger partial charge in [-0.15, -0.1) is 0 Å². The summed E-state index contributed by atoms with van der Waals surface area (Å²) in [6.45, 7) is 4.23. The van der Waals surface area contributed by atoms with E-state index in [1.807, 2.05) is 24.3 Å². The second kappa shape index (κ2) is 14.9. The maximum atomic E-state index is 10.2. The Bertz CT molecular complexity index is 755. The molecule has 0 bridgehead atoms. The number of hydrogen-bond donors (Lipinski definition) is 4. The van der Waals surface area contributed by atoms with Gasteiger partial charge in [0.05, 0.1) is 0 Å². The zero-order valence-electron chi connectivity index (χ0n) is 19.8. The molecule has 33 heavy (non-hydrogen) atoms. The minimum absolute atomic E-state index is 0.151. The first-order valence-corrected chi connectivity index (χ1v) is 11.7. The van der Waals surface area contributed by atoms with E-state index in [2.05, 4.69) is 13.8 Å². The normalized spacial score (nSPS) is 10.8. The van der Waals surface area contributed by atoms with Crippen molar-refractivity contribution in [2.24, 2.45) is 0 Å². The van der Waals surface area contributed by atoms with Crippen molar-refractivity contribution < 1.29 is 30.0 Å². The maximum Gasteiger partial charge on any atom is 0.303 e. The molecule has 0 heterocycles. The first-order valence-electron chi connectivity index (χ1n) is 11.7. The molecule has 0 aliphatic heterocycles. The minimum Gasteiger partial charge on any atom is -0.508 e. The Kier molecular flexibility index (Phi) is 12.7. The van der Waals surface area contributed by atoms with Crippen molar-refractivity contribution in [1.29, 1.82) is 0 Å². The number of aromatic hydroxyl groups is 2. The summed E-state index contributed by atoms with van der Waals surface area (Å²) >= 11 is 0. The summed E-state index contributed by atoms with van der Waals surface area (Å²) in [6.07, 6.45) is 8.51. The van der Waals surface area contributed by atoms with E-state index in [-0.39, 0.29) is 29.8 Å². The van der Waals surface area contributed by atoms with Crippen LogP contribution in [0.15, 0.2) is 48.5 Å². The van der Waals surface area contributed by atoms with Gasteiger partial charge in [-0.1, -0.05) is 76.6 Å². The number of hydrogen-bond acceptors (Lipinski definition) is 4. The summed E-state index contributed by atoms with van der Waals surface area (Å²) in [7, 11) is 0. The van der Waals surface area contributed by atoms with Crippen LogP contribution in [0.4, 0.5) is 0 Å². The molecule has 0 aromatic heterocycles. The van der Waals surface area contributed by atoms with E-state index >= 15 is 0 Å². The summed E-state index contributed by atoms with van der Waals surface area (Å²) in [5.41, 5.74) is 2.10. The third-order valence-corrected chi connectivity index (χ3v) is 5.71. The largest absolute Gasteiger partial charge is 0.508 e. The van der Waals surface area contributed by atoms with E-state index in [9.17, 15) is 19.8 Å². The minimum atomic E-state index is -0.714.